The average Bonchev–Trinajstić information content (AvgIpc) is 2.98. The van der Waals surface area contributed by atoms with Gasteiger partial charge in [-0.25, -0.2) is 4.39 Å². The molecule has 0 aliphatic heterocycles. The van der Waals surface area contributed by atoms with Gasteiger partial charge in [-0.15, -0.1) is 0 Å². The van der Waals surface area contributed by atoms with Crippen molar-refractivity contribution in [2.45, 2.75) is 13.0 Å². The molecule has 6 heteroatoms. The predicted octanol–water partition coefficient (Wildman–Crippen LogP) is 3.94. The zero-order valence-corrected chi connectivity index (χ0v) is 14.6. The van der Waals surface area contributed by atoms with E-state index in [0.29, 0.717) is 5.56 Å². The third-order valence-corrected chi connectivity index (χ3v) is 4.30. The smallest absolute Gasteiger partial charge is 0.224 e. The van der Waals surface area contributed by atoms with E-state index in [-0.39, 0.29) is 24.7 Å². The average molecular weight is 391 g/mol. The summed E-state index contributed by atoms with van der Waals surface area (Å²) in [5.74, 6) is 0.197. The highest BCUT2D eigenvalue weighted by molar-refractivity contribution is 9.10. The first-order valence-corrected chi connectivity index (χ1v) is 8.21. The van der Waals surface area contributed by atoms with Crippen LogP contribution in [0.5, 0.6) is 5.75 Å². The molecule has 1 aromatic heterocycles. The minimum Gasteiger partial charge on any atom is -0.496 e. The van der Waals surface area contributed by atoms with Crippen LogP contribution in [-0.2, 0) is 17.8 Å². The van der Waals surface area contributed by atoms with E-state index in [1.54, 1.807) is 25.4 Å². The molecule has 0 fully saturated rings. The molecule has 0 radical (unpaired) electrons. The molecule has 0 atom stereocenters. The van der Waals surface area contributed by atoms with Gasteiger partial charge in [-0.2, -0.15) is 0 Å². The Kier molecular flexibility index (Phi) is 4.85. The quantitative estimate of drug-likeness (QED) is 0.693. The number of halogens is 2. The Morgan fingerprint density at radius 2 is 2.12 bits per heavy atom. The Morgan fingerprint density at radius 3 is 2.92 bits per heavy atom. The van der Waals surface area contributed by atoms with Gasteiger partial charge in [0.25, 0.3) is 0 Å². The number of amides is 1. The first-order valence-electron chi connectivity index (χ1n) is 7.42. The zero-order chi connectivity index (χ0) is 17.1. The Labute approximate surface area is 147 Å². The number of rotatable bonds is 5. The van der Waals surface area contributed by atoms with Crippen molar-refractivity contribution in [3.8, 4) is 5.75 Å². The number of fused-ring (bicyclic) bond motifs is 1. The van der Waals surface area contributed by atoms with Crippen molar-refractivity contribution in [2.75, 3.05) is 7.11 Å². The number of hydrogen-bond donors (Lipinski definition) is 2. The van der Waals surface area contributed by atoms with Gasteiger partial charge in [0, 0.05) is 33.7 Å². The molecule has 1 heterocycles. The molecule has 0 saturated heterocycles. The minimum absolute atomic E-state index is 0.142. The highest BCUT2D eigenvalue weighted by Gasteiger charge is 2.13. The predicted molar refractivity (Wildman–Crippen MR) is 94.5 cm³/mol. The molecule has 0 aliphatic carbocycles. The number of aromatic amines is 1. The van der Waals surface area contributed by atoms with Gasteiger partial charge < -0.3 is 15.0 Å². The molecule has 0 aliphatic rings. The summed E-state index contributed by atoms with van der Waals surface area (Å²) in [4.78, 5) is 15.4. The van der Waals surface area contributed by atoms with Crippen molar-refractivity contribution in [1.29, 1.82) is 0 Å². The fraction of sp³-hybridized carbons (Fsp3) is 0.167. The topological polar surface area (TPSA) is 54.1 Å². The van der Waals surface area contributed by atoms with E-state index in [1.807, 2.05) is 18.2 Å². The SMILES string of the molecule is COc1cccc2[nH]cc(CC(=O)NCc3cc(Br)ccc3F)c12. The van der Waals surface area contributed by atoms with Crippen LogP contribution in [0.15, 0.2) is 47.1 Å². The van der Waals surface area contributed by atoms with Crippen molar-refractivity contribution < 1.29 is 13.9 Å². The fourth-order valence-electron chi connectivity index (χ4n) is 2.64. The lowest BCUT2D eigenvalue weighted by Crippen LogP contribution is -2.25. The monoisotopic (exact) mass is 390 g/mol. The summed E-state index contributed by atoms with van der Waals surface area (Å²) in [6, 6.07) is 10.3. The van der Waals surface area contributed by atoms with Crippen LogP contribution in [0.3, 0.4) is 0 Å². The van der Waals surface area contributed by atoms with Crippen LogP contribution in [0.1, 0.15) is 11.1 Å². The molecule has 3 rings (SSSR count). The summed E-state index contributed by atoms with van der Waals surface area (Å²) in [7, 11) is 1.60. The van der Waals surface area contributed by atoms with E-state index in [0.717, 1.165) is 26.7 Å². The number of hydrogen-bond acceptors (Lipinski definition) is 2. The Morgan fingerprint density at radius 1 is 1.29 bits per heavy atom. The second-order valence-corrected chi connectivity index (χ2v) is 6.30. The maximum atomic E-state index is 13.7. The third kappa shape index (κ3) is 3.43. The van der Waals surface area contributed by atoms with Gasteiger partial charge in [0.1, 0.15) is 11.6 Å². The number of carbonyl (C=O) groups excluding carboxylic acids is 1. The van der Waals surface area contributed by atoms with Crippen LogP contribution in [-0.4, -0.2) is 18.0 Å². The van der Waals surface area contributed by atoms with Crippen molar-refractivity contribution in [2.24, 2.45) is 0 Å². The van der Waals surface area contributed by atoms with Crippen molar-refractivity contribution in [3.63, 3.8) is 0 Å². The highest BCUT2D eigenvalue weighted by atomic mass is 79.9. The van der Waals surface area contributed by atoms with E-state index in [2.05, 4.69) is 26.2 Å². The summed E-state index contributed by atoms with van der Waals surface area (Å²) in [6.45, 7) is 0.142. The summed E-state index contributed by atoms with van der Waals surface area (Å²) in [5, 5.41) is 3.65. The molecule has 0 spiro atoms. The number of nitrogens with one attached hydrogen (secondary N) is 2. The van der Waals surface area contributed by atoms with Gasteiger partial charge in [0.05, 0.1) is 13.5 Å². The number of benzene rings is 2. The molecule has 0 saturated carbocycles. The van der Waals surface area contributed by atoms with Gasteiger partial charge in [-0.05, 0) is 35.9 Å². The fourth-order valence-corrected chi connectivity index (χ4v) is 3.05. The molecule has 2 N–H and O–H groups in total. The third-order valence-electron chi connectivity index (χ3n) is 3.80. The van der Waals surface area contributed by atoms with Gasteiger partial charge in [-0.1, -0.05) is 22.0 Å². The number of carbonyl (C=O) groups is 1. The lowest BCUT2D eigenvalue weighted by atomic mass is 10.1. The first-order chi connectivity index (χ1) is 11.6. The maximum Gasteiger partial charge on any atom is 0.224 e. The number of H-pyrrole nitrogens is 1. The van der Waals surface area contributed by atoms with Gasteiger partial charge in [0.15, 0.2) is 0 Å². The van der Waals surface area contributed by atoms with Crippen LogP contribution < -0.4 is 10.1 Å². The molecule has 4 nitrogen and oxygen atoms in total. The van der Waals surface area contributed by atoms with Crippen LogP contribution in [0.2, 0.25) is 0 Å². The molecule has 1 amide bonds. The Bertz CT molecular complexity index is 892. The second kappa shape index (κ2) is 7.05. The standard InChI is InChI=1S/C18H16BrFN2O2/c1-24-16-4-2-3-15-18(16)12(10-21-15)8-17(23)22-9-11-7-13(19)5-6-14(11)20/h2-7,10,21H,8-9H2,1H3,(H,22,23). The molecular formula is C18H16BrFN2O2. The zero-order valence-electron chi connectivity index (χ0n) is 13.0. The molecule has 124 valence electrons. The summed E-state index contributed by atoms with van der Waals surface area (Å²) < 4.78 is 19.8. The minimum atomic E-state index is -0.340. The van der Waals surface area contributed by atoms with Gasteiger partial charge in [0.2, 0.25) is 5.91 Å². The molecule has 24 heavy (non-hydrogen) atoms. The molecule has 2 aromatic carbocycles. The number of ether oxygens (including phenoxy) is 1. The van der Waals surface area contributed by atoms with Crippen molar-refractivity contribution >= 4 is 32.7 Å². The van der Waals surface area contributed by atoms with E-state index in [4.69, 9.17) is 4.74 Å². The van der Waals surface area contributed by atoms with Gasteiger partial charge >= 0.3 is 0 Å². The Balaban J connectivity index is 1.72. The van der Waals surface area contributed by atoms with E-state index in [9.17, 15) is 9.18 Å². The lowest BCUT2D eigenvalue weighted by Gasteiger charge is -2.08. The normalized spacial score (nSPS) is 10.8. The summed E-state index contributed by atoms with van der Waals surface area (Å²) in [6.07, 6.45) is 1.99. The van der Waals surface area contributed by atoms with Crippen LogP contribution >= 0.6 is 15.9 Å². The van der Waals surface area contributed by atoms with Crippen LogP contribution in [0.4, 0.5) is 4.39 Å². The van der Waals surface area contributed by atoms with Crippen LogP contribution in [0.25, 0.3) is 10.9 Å². The largest absolute Gasteiger partial charge is 0.496 e. The lowest BCUT2D eigenvalue weighted by molar-refractivity contribution is -0.120. The van der Waals surface area contributed by atoms with Crippen molar-refractivity contribution in [3.05, 3.63) is 64.0 Å². The Hall–Kier alpha value is -2.34. The molecular weight excluding hydrogens is 375 g/mol. The van der Waals surface area contributed by atoms with Crippen molar-refractivity contribution in [1.82, 2.24) is 10.3 Å². The number of aromatic nitrogens is 1. The number of methoxy groups -OCH3 is 1. The summed E-state index contributed by atoms with van der Waals surface area (Å²) in [5.41, 5.74) is 2.19. The molecule has 0 bridgehead atoms. The molecule has 3 aromatic rings. The van der Waals surface area contributed by atoms with E-state index < -0.39 is 0 Å². The van der Waals surface area contributed by atoms with E-state index in [1.165, 1.54) is 6.07 Å². The van der Waals surface area contributed by atoms with Crippen LogP contribution in [0, 0.1) is 5.82 Å². The molecule has 0 unspecified atom stereocenters. The van der Waals surface area contributed by atoms with E-state index >= 15 is 0 Å². The maximum absolute atomic E-state index is 13.7. The highest BCUT2D eigenvalue weighted by Crippen LogP contribution is 2.28. The summed E-state index contributed by atoms with van der Waals surface area (Å²) >= 11 is 3.30. The first kappa shape index (κ1) is 16.5. The van der Waals surface area contributed by atoms with Gasteiger partial charge in [-0.3, -0.25) is 4.79 Å². The second-order valence-electron chi connectivity index (χ2n) is 5.39.